The Hall–Kier alpha value is -3.84. The third-order valence-corrected chi connectivity index (χ3v) is 8.60. The number of fused-ring (bicyclic) bond motifs is 3. The maximum atomic E-state index is 13.1. The molecule has 4 aromatic rings. The monoisotopic (exact) mass is 551 g/mol. The zero-order valence-corrected chi connectivity index (χ0v) is 24.8. The van der Waals surface area contributed by atoms with Gasteiger partial charge in [-0.2, -0.15) is 5.10 Å². The van der Waals surface area contributed by atoms with Crippen LogP contribution in [0.15, 0.2) is 53.1 Å². The second-order valence-corrected chi connectivity index (χ2v) is 11.8. The number of anilines is 1. The summed E-state index contributed by atoms with van der Waals surface area (Å²) in [6.45, 7) is 15.0. The minimum absolute atomic E-state index is 0.128. The molecular formula is C34H41N5O2. The minimum atomic E-state index is -0.128. The number of nitrogens with zero attached hydrogens (tertiary/aromatic N) is 4. The number of furan rings is 1. The molecule has 6 rings (SSSR count). The van der Waals surface area contributed by atoms with E-state index in [-0.39, 0.29) is 5.91 Å². The van der Waals surface area contributed by atoms with Crippen LogP contribution in [0.4, 0.5) is 5.69 Å². The van der Waals surface area contributed by atoms with Gasteiger partial charge in [-0.15, -0.1) is 0 Å². The Morgan fingerprint density at radius 1 is 0.951 bits per heavy atom. The molecule has 0 unspecified atom stereocenters. The smallest absolute Gasteiger partial charge is 0.287 e. The lowest BCUT2D eigenvalue weighted by Gasteiger charge is -2.37. The first-order chi connectivity index (χ1) is 19.9. The predicted molar refractivity (Wildman–Crippen MR) is 164 cm³/mol. The van der Waals surface area contributed by atoms with E-state index in [4.69, 9.17) is 9.52 Å². The van der Waals surface area contributed by atoms with Crippen molar-refractivity contribution in [3.8, 4) is 11.3 Å². The quantitative estimate of drug-likeness (QED) is 0.295. The fourth-order valence-electron chi connectivity index (χ4n) is 6.20. The topological polar surface area (TPSA) is 66.5 Å². The van der Waals surface area contributed by atoms with E-state index in [1.54, 1.807) is 0 Å². The van der Waals surface area contributed by atoms with E-state index in [0.717, 1.165) is 81.1 Å². The van der Waals surface area contributed by atoms with Crippen molar-refractivity contribution < 1.29 is 9.21 Å². The van der Waals surface area contributed by atoms with Gasteiger partial charge in [0.1, 0.15) is 5.76 Å². The molecule has 1 fully saturated rings. The second kappa shape index (κ2) is 11.6. The highest BCUT2D eigenvalue weighted by Crippen LogP contribution is 2.38. The Morgan fingerprint density at radius 3 is 2.49 bits per heavy atom. The largest absolute Gasteiger partial charge is 0.455 e. The Balaban J connectivity index is 1.02. The number of aromatic nitrogens is 2. The van der Waals surface area contributed by atoms with Gasteiger partial charge in [0, 0.05) is 62.2 Å². The summed E-state index contributed by atoms with van der Waals surface area (Å²) >= 11 is 0. The Kier molecular flexibility index (Phi) is 7.71. The third-order valence-electron chi connectivity index (χ3n) is 8.60. The SMILES string of the molecule is Cc1ccc(Cn2cc3c(n2)-c2c(oc(C(=O)NCCCN4CCN(c5cc(C)ccc5C)CC4)c2C)CC3)cc1. The summed E-state index contributed by atoms with van der Waals surface area (Å²) in [4.78, 5) is 18.1. The minimum Gasteiger partial charge on any atom is -0.455 e. The lowest BCUT2D eigenvalue weighted by atomic mass is 9.93. The molecule has 1 aliphatic heterocycles. The van der Waals surface area contributed by atoms with Gasteiger partial charge in [-0.1, -0.05) is 42.0 Å². The van der Waals surface area contributed by atoms with Crippen LogP contribution < -0.4 is 10.2 Å². The number of carbonyl (C=O) groups excluding carboxylic acids is 1. The molecule has 0 bridgehead atoms. The van der Waals surface area contributed by atoms with Crippen LogP contribution in [-0.4, -0.2) is 59.9 Å². The van der Waals surface area contributed by atoms with Gasteiger partial charge in [0.05, 0.1) is 12.2 Å². The molecule has 41 heavy (non-hydrogen) atoms. The number of piperazine rings is 1. The lowest BCUT2D eigenvalue weighted by molar-refractivity contribution is 0.0921. The summed E-state index contributed by atoms with van der Waals surface area (Å²) in [7, 11) is 0. The summed E-state index contributed by atoms with van der Waals surface area (Å²) in [5, 5.41) is 8.03. The molecule has 0 atom stereocenters. The van der Waals surface area contributed by atoms with Gasteiger partial charge in [-0.25, -0.2) is 0 Å². The number of amides is 1. The highest BCUT2D eigenvalue weighted by molar-refractivity contribution is 5.95. The molecule has 1 N–H and O–H groups in total. The van der Waals surface area contributed by atoms with Crippen molar-refractivity contribution in [2.75, 3.05) is 44.2 Å². The molecule has 7 heteroatoms. The Bertz CT molecular complexity index is 1540. The first-order valence-electron chi connectivity index (χ1n) is 14.9. The van der Waals surface area contributed by atoms with Gasteiger partial charge in [0.2, 0.25) is 0 Å². The van der Waals surface area contributed by atoms with Crippen molar-refractivity contribution >= 4 is 11.6 Å². The number of rotatable bonds is 8. The molecule has 0 spiro atoms. The van der Waals surface area contributed by atoms with E-state index >= 15 is 0 Å². The summed E-state index contributed by atoms with van der Waals surface area (Å²) in [5.41, 5.74) is 10.6. The standard InChI is InChI=1S/C34H41N5O2/c1-23-7-10-27(11-8-23)21-39-22-28-12-13-30-31(32(28)36-39)26(4)33(41-30)34(40)35-14-5-15-37-16-18-38(19-17-37)29-20-24(2)6-9-25(29)3/h6-11,20,22H,5,12-19,21H2,1-4H3,(H,35,40). The number of aryl methyl sites for hydroxylation is 5. The zero-order valence-electron chi connectivity index (χ0n) is 24.8. The summed E-state index contributed by atoms with van der Waals surface area (Å²) in [6, 6.07) is 15.3. The first-order valence-corrected chi connectivity index (χ1v) is 14.9. The van der Waals surface area contributed by atoms with Crippen LogP contribution >= 0.6 is 0 Å². The second-order valence-electron chi connectivity index (χ2n) is 11.8. The van der Waals surface area contributed by atoms with Gasteiger partial charge >= 0.3 is 0 Å². The predicted octanol–water partition coefficient (Wildman–Crippen LogP) is 5.47. The average molecular weight is 552 g/mol. The van der Waals surface area contributed by atoms with E-state index in [1.165, 1.54) is 33.5 Å². The van der Waals surface area contributed by atoms with Crippen LogP contribution in [0, 0.1) is 27.7 Å². The van der Waals surface area contributed by atoms with Gasteiger partial charge in [-0.05, 0) is 75.4 Å². The van der Waals surface area contributed by atoms with Crippen LogP contribution in [0.2, 0.25) is 0 Å². The van der Waals surface area contributed by atoms with Crippen molar-refractivity contribution in [1.82, 2.24) is 20.0 Å². The molecule has 7 nitrogen and oxygen atoms in total. The van der Waals surface area contributed by atoms with Gasteiger partial charge in [-0.3, -0.25) is 14.4 Å². The highest BCUT2D eigenvalue weighted by atomic mass is 16.4. The van der Waals surface area contributed by atoms with E-state index < -0.39 is 0 Å². The zero-order chi connectivity index (χ0) is 28.5. The normalized spacial score (nSPS) is 15.1. The van der Waals surface area contributed by atoms with Crippen LogP contribution in [0.5, 0.6) is 0 Å². The molecule has 2 aliphatic rings. The number of hydrogen-bond donors (Lipinski definition) is 1. The molecule has 0 saturated carbocycles. The molecule has 1 saturated heterocycles. The fraction of sp³-hybridized carbons (Fsp3) is 0.412. The van der Waals surface area contributed by atoms with Crippen LogP contribution in [-0.2, 0) is 19.4 Å². The van der Waals surface area contributed by atoms with E-state index in [1.807, 2.05) is 11.6 Å². The molecule has 214 valence electrons. The Morgan fingerprint density at radius 2 is 1.71 bits per heavy atom. The van der Waals surface area contributed by atoms with Crippen molar-refractivity contribution in [3.05, 3.63) is 93.6 Å². The van der Waals surface area contributed by atoms with Gasteiger partial charge in [0.25, 0.3) is 5.91 Å². The Labute approximate surface area is 243 Å². The third kappa shape index (κ3) is 5.82. The molecule has 3 heterocycles. The molecule has 2 aromatic heterocycles. The van der Waals surface area contributed by atoms with Crippen LogP contribution in [0.1, 0.15) is 56.1 Å². The molecule has 2 aromatic carbocycles. The van der Waals surface area contributed by atoms with Gasteiger partial charge < -0.3 is 14.6 Å². The summed E-state index contributed by atoms with van der Waals surface area (Å²) in [5.74, 6) is 1.18. The van der Waals surface area contributed by atoms with Crippen LogP contribution in [0.25, 0.3) is 11.3 Å². The van der Waals surface area contributed by atoms with E-state index in [9.17, 15) is 4.79 Å². The number of hydrogen-bond acceptors (Lipinski definition) is 5. The molecule has 0 radical (unpaired) electrons. The first kappa shape index (κ1) is 27.3. The van der Waals surface area contributed by atoms with Gasteiger partial charge in [0.15, 0.2) is 5.76 Å². The van der Waals surface area contributed by atoms with E-state index in [2.05, 4.69) is 84.5 Å². The number of carbonyl (C=O) groups is 1. The number of nitrogens with one attached hydrogen (secondary N) is 1. The van der Waals surface area contributed by atoms with Crippen molar-refractivity contribution in [2.45, 2.75) is 53.5 Å². The summed E-state index contributed by atoms with van der Waals surface area (Å²) in [6.07, 6.45) is 4.73. The average Bonchev–Trinajstić information content (AvgIpc) is 3.54. The maximum absolute atomic E-state index is 13.1. The van der Waals surface area contributed by atoms with Crippen molar-refractivity contribution in [2.24, 2.45) is 0 Å². The van der Waals surface area contributed by atoms with Crippen molar-refractivity contribution in [1.29, 1.82) is 0 Å². The summed E-state index contributed by atoms with van der Waals surface area (Å²) < 4.78 is 8.15. The maximum Gasteiger partial charge on any atom is 0.287 e. The molecule has 1 amide bonds. The highest BCUT2D eigenvalue weighted by Gasteiger charge is 2.29. The van der Waals surface area contributed by atoms with E-state index in [0.29, 0.717) is 12.3 Å². The van der Waals surface area contributed by atoms with Crippen molar-refractivity contribution in [3.63, 3.8) is 0 Å². The lowest BCUT2D eigenvalue weighted by Crippen LogP contribution is -2.47. The fourth-order valence-corrected chi connectivity index (χ4v) is 6.20. The van der Waals surface area contributed by atoms with Crippen LogP contribution in [0.3, 0.4) is 0 Å². The molecular weight excluding hydrogens is 510 g/mol. The number of benzene rings is 2. The molecule has 1 aliphatic carbocycles.